The molecule has 0 spiro atoms. The molecule has 1 N–H and O–H groups in total. The van der Waals surface area contributed by atoms with Crippen LogP contribution < -0.4 is 0 Å². The average Bonchev–Trinajstić information content (AvgIpc) is 2.20. The Morgan fingerprint density at radius 1 is 1.08 bits per heavy atom. The molecular formula is C12H12O. The molecule has 4 rings (SSSR count). The van der Waals surface area contributed by atoms with Crippen LogP contribution in [0.1, 0.15) is 35.8 Å². The van der Waals surface area contributed by atoms with Crippen LogP contribution in [0.2, 0.25) is 0 Å². The Bertz CT molecular complexity index is 379. The second kappa shape index (κ2) is 2.38. The summed E-state index contributed by atoms with van der Waals surface area (Å²) in [6.45, 7) is 0. The van der Waals surface area contributed by atoms with E-state index < -0.39 is 0 Å². The highest BCUT2D eigenvalue weighted by molar-refractivity contribution is 5.51. The monoisotopic (exact) mass is 172 g/mol. The number of aromatic hydroxyl groups is 1. The number of allylic oxidation sites excluding steroid dienone is 2. The van der Waals surface area contributed by atoms with Crippen LogP contribution in [0.4, 0.5) is 0 Å². The number of benzene rings is 1. The minimum Gasteiger partial charge on any atom is -0.508 e. The van der Waals surface area contributed by atoms with Gasteiger partial charge in [0.2, 0.25) is 0 Å². The zero-order chi connectivity index (χ0) is 8.84. The Hall–Kier alpha value is -1.24. The molecule has 0 aliphatic heterocycles. The Morgan fingerprint density at radius 2 is 1.85 bits per heavy atom. The molecule has 1 heteroatoms. The quantitative estimate of drug-likeness (QED) is 0.596. The van der Waals surface area contributed by atoms with Gasteiger partial charge in [-0.2, -0.15) is 0 Å². The molecule has 1 aromatic rings. The van der Waals surface area contributed by atoms with Crippen LogP contribution in [0.5, 0.6) is 5.75 Å². The summed E-state index contributed by atoms with van der Waals surface area (Å²) in [5, 5.41) is 9.74. The lowest BCUT2D eigenvalue weighted by atomic mass is 9.71. The number of rotatable bonds is 0. The summed E-state index contributed by atoms with van der Waals surface area (Å²) in [4.78, 5) is 0. The molecule has 66 valence electrons. The highest BCUT2D eigenvalue weighted by Crippen LogP contribution is 2.47. The third-order valence-corrected chi connectivity index (χ3v) is 3.25. The number of hydrogen-bond donors (Lipinski definition) is 1. The lowest BCUT2D eigenvalue weighted by Crippen LogP contribution is -2.16. The van der Waals surface area contributed by atoms with Crippen molar-refractivity contribution in [3.05, 3.63) is 41.5 Å². The van der Waals surface area contributed by atoms with Gasteiger partial charge < -0.3 is 5.11 Å². The van der Waals surface area contributed by atoms with Gasteiger partial charge in [-0.1, -0.05) is 24.3 Å². The van der Waals surface area contributed by atoms with Gasteiger partial charge in [0.25, 0.3) is 0 Å². The van der Waals surface area contributed by atoms with E-state index in [1.807, 2.05) is 6.07 Å². The Balaban J connectivity index is 2.27. The van der Waals surface area contributed by atoms with Crippen LogP contribution in [-0.4, -0.2) is 5.11 Å². The number of fused-ring (bicyclic) bond motifs is 1. The van der Waals surface area contributed by atoms with Crippen molar-refractivity contribution < 1.29 is 5.11 Å². The molecule has 0 saturated heterocycles. The molecule has 0 heterocycles. The molecule has 3 aliphatic carbocycles. The van der Waals surface area contributed by atoms with E-state index in [0.29, 0.717) is 17.6 Å². The van der Waals surface area contributed by atoms with Gasteiger partial charge in [0.05, 0.1) is 0 Å². The van der Waals surface area contributed by atoms with Gasteiger partial charge in [0.1, 0.15) is 5.75 Å². The van der Waals surface area contributed by atoms with Crippen molar-refractivity contribution in [2.24, 2.45) is 0 Å². The van der Waals surface area contributed by atoms with Crippen molar-refractivity contribution in [1.82, 2.24) is 0 Å². The Kier molecular flexibility index (Phi) is 1.32. The number of hydrogen-bond acceptors (Lipinski definition) is 1. The van der Waals surface area contributed by atoms with Crippen LogP contribution in [0.25, 0.3) is 0 Å². The molecule has 2 unspecified atom stereocenters. The van der Waals surface area contributed by atoms with E-state index in [-0.39, 0.29) is 0 Å². The predicted octanol–water partition coefficient (Wildman–Crippen LogP) is 2.92. The Morgan fingerprint density at radius 3 is 2.54 bits per heavy atom. The summed E-state index contributed by atoms with van der Waals surface area (Å²) in [5.74, 6) is 1.52. The third-order valence-electron chi connectivity index (χ3n) is 3.25. The van der Waals surface area contributed by atoms with Gasteiger partial charge >= 0.3 is 0 Å². The maximum Gasteiger partial charge on any atom is 0.119 e. The lowest BCUT2D eigenvalue weighted by Gasteiger charge is -2.33. The van der Waals surface area contributed by atoms with Crippen molar-refractivity contribution >= 4 is 0 Å². The second-order valence-electron chi connectivity index (χ2n) is 3.96. The smallest absolute Gasteiger partial charge is 0.119 e. The molecule has 0 aromatic heterocycles. The first kappa shape index (κ1) is 7.19. The van der Waals surface area contributed by atoms with Gasteiger partial charge in [0, 0.05) is 17.4 Å². The minimum absolute atomic E-state index is 0.473. The van der Waals surface area contributed by atoms with E-state index >= 15 is 0 Å². The van der Waals surface area contributed by atoms with Gasteiger partial charge in [-0.25, -0.2) is 0 Å². The highest BCUT2D eigenvalue weighted by Gasteiger charge is 2.30. The largest absolute Gasteiger partial charge is 0.508 e. The maximum atomic E-state index is 9.74. The summed E-state index contributed by atoms with van der Waals surface area (Å²) in [6, 6.07) is 5.89. The standard InChI is InChI=1S/C12H12O/c13-11-3-1-2-10-8-4-6-9(7-5-8)12(10)11/h1-4,6,8-9,13H,5,7H2. The van der Waals surface area contributed by atoms with E-state index in [9.17, 15) is 5.11 Å². The molecule has 0 radical (unpaired) electrons. The zero-order valence-electron chi connectivity index (χ0n) is 7.40. The Labute approximate surface area is 77.7 Å². The van der Waals surface area contributed by atoms with Crippen LogP contribution in [-0.2, 0) is 0 Å². The van der Waals surface area contributed by atoms with Crippen molar-refractivity contribution in [2.45, 2.75) is 24.7 Å². The summed E-state index contributed by atoms with van der Waals surface area (Å²) in [5.41, 5.74) is 2.53. The molecule has 0 fully saturated rings. The molecule has 13 heavy (non-hydrogen) atoms. The molecule has 0 saturated carbocycles. The second-order valence-corrected chi connectivity index (χ2v) is 3.96. The fourth-order valence-corrected chi connectivity index (χ4v) is 2.62. The zero-order valence-corrected chi connectivity index (χ0v) is 7.40. The van der Waals surface area contributed by atoms with Crippen molar-refractivity contribution in [3.8, 4) is 5.75 Å². The van der Waals surface area contributed by atoms with Crippen LogP contribution in [0, 0.1) is 0 Å². The van der Waals surface area contributed by atoms with Gasteiger partial charge in [0.15, 0.2) is 0 Å². The molecule has 1 aromatic carbocycles. The van der Waals surface area contributed by atoms with Crippen LogP contribution >= 0.6 is 0 Å². The number of phenols is 1. The fourth-order valence-electron chi connectivity index (χ4n) is 2.62. The highest BCUT2D eigenvalue weighted by atomic mass is 16.3. The van der Waals surface area contributed by atoms with Crippen molar-refractivity contribution in [3.63, 3.8) is 0 Å². The van der Waals surface area contributed by atoms with E-state index in [1.54, 1.807) is 6.07 Å². The first-order valence-electron chi connectivity index (χ1n) is 4.86. The molecule has 2 bridgehead atoms. The summed E-state index contributed by atoms with van der Waals surface area (Å²) >= 11 is 0. The van der Waals surface area contributed by atoms with Crippen molar-refractivity contribution in [1.29, 1.82) is 0 Å². The third kappa shape index (κ3) is 0.873. The fraction of sp³-hybridized carbons (Fsp3) is 0.333. The van der Waals surface area contributed by atoms with Gasteiger partial charge in [-0.15, -0.1) is 0 Å². The van der Waals surface area contributed by atoms with E-state index in [4.69, 9.17) is 0 Å². The first-order chi connectivity index (χ1) is 6.36. The molecule has 1 nitrogen and oxygen atoms in total. The van der Waals surface area contributed by atoms with Crippen LogP contribution in [0.15, 0.2) is 30.4 Å². The maximum absolute atomic E-state index is 9.74. The molecule has 3 aliphatic rings. The summed E-state index contributed by atoms with van der Waals surface area (Å²) < 4.78 is 0. The normalized spacial score (nSPS) is 28.9. The van der Waals surface area contributed by atoms with E-state index in [0.717, 1.165) is 0 Å². The van der Waals surface area contributed by atoms with E-state index in [1.165, 1.54) is 24.0 Å². The first-order valence-corrected chi connectivity index (χ1v) is 4.86. The topological polar surface area (TPSA) is 20.2 Å². The molecular weight excluding hydrogens is 160 g/mol. The van der Waals surface area contributed by atoms with Crippen LogP contribution in [0.3, 0.4) is 0 Å². The SMILES string of the molecule is Oc1cccc2c1C1C=CC2CC1. The summed E-state index contributed by atoms with van der Waals surface area (Å²) in [7, 11) is 0. The molecule has 2 atom stereocenters. The number of phenolic OH excluding ortho intramolecular Hbond substituents is 1. The predicted molar refractivity (Wildman–Crippen MR) is 52.0 cm³/mol. The summed E-state index contributed by atoms with van der Waals surface area (Å²) in [6.07, 6.45) is 6.98. The van der Waals surface area contributed by atoms with Crippen molar-refractivity contribution in [2.75, 3.05) is 0 Å². The van der Waals surface area contributed by atoms with Gasteiger partial charge in [-0.05, 0) is 24.5 Å². The molecule has 0 amide bonds. The average molecular weight is 172 g/mol. The lowest BCUT2D eigenvalue weighted by molar-refractivity contribution is 0.447. The van der Waals surface area contributed by atoms with Gasteiger partial charge in [-0.3, -0.25) is 0 Å². The van der Waals surface area contributed by atoms with E-state index in [2.05, 4.69) is 18.2 Å². The minimum atomic E-state index is 0.473.